The van der Waals surface area contributed by atoms with Crippen molar-refractivity contribution in [2.75, 3.05) is 23.0 Å². The van der Waals surface area contributed by atoms with Crippen molar-refractivity contribution in [2.24, 2.45) is 0 Å². The molecule has 0 aliphatic rings. The number of aryl methyl sites for hydroxylation is 1. The van der Waals surface area contributed by atoms with Crippen molar-refractivity contribution >= 4 is 62.3 Å². The largest absolute Gasteiger partial charge is 0.466 e. The van der Waals surface area contributed by atoms with E-state index >= 15 is 0 Å². The number of rotatable bonds is 9. The number of hydrogen-bond donors (Lipinski definition) is 2. The molecule has 0 bridgehead atoms. The van der Waals surface area contributed by atoms with Crippen molar-refractivity contribution in [2.45, 2.75) is 24.6 Å². The van der Waals surface area contributed by atoms with E-state index in [0.29, 0.717) is 26.9 Å². The number of hydrogen-bond acceptors (Lipinski definition) is 10. The van der Waals surface area contributed by atoms with E-state index in [4.69, 9.17) is 4.74 Å². The van der Waals surface area contributed by atoms with Crippen molar-refractivity contribution in [3.05, 3.63) is 40.9 Å². The topological polar surface area (TPSA) is 106 Å². The van der Waals surface area contributed by atoms with Crippen molar-refractivity contribution in [3.63, 3.8) is 0 Å². The van der Waals surface area contributed by atoms with Crippen LogP contribution in [-0.4, -0.2) is 39.4 Å². The van der Waals surface area contributed by atoms with E-state index in [1.54, 1.807) is 12.3 Å². The van der Waals surface area contributed by atoms with Gasteiger partial charge in [0.2, 0.25) is 11.0 Å². The molecular formula is C18H19N5O3S3. The highest BCUT2D eigenvalue weighted by atomic mass is 32.2. The van der Waals surface area contributed by atoms with E-state index in [2.05, 4.69) is 25.8 Å². The molecule has 1 amide bonds. The molecule has 2 N–H and O–H groups in total. The average Bonchev–Trinajstić information content (AvgIpc) is 3.29. The Morgan fingerprint density at radius 1 is 1.24 bits per heavy atom. The first-order valence-corrected chi connectivity index (χ1v) is 11.4. The van der Waals surface area contributed by atoms with Gasteiger partial charge in [0.25, 0.3) is 0 Å². The van der Waals surface area contributed by atoms with Crippen LogP contribution in [0, 0.1) is 6.92 Å². The van der Waals surface area contributed by atoms with E-state index in [1.165, 1.54) is 34.4 Å². The Kier molecular flexibility index (Phi) is 7.55. The number of aromatic nitrogens is 3. The molecule has 3 rings (SSSR count). The number of nitrogens with one attached hydrogen (secondary N) is 2. The molecule has 1 aromatic carbocycles. The van der Waals surface area contributed by atoms with Gasteiger partial charge < -0.3 is 15.4 Å². The number of nitrogens with zero attached hydrogens (tertiary/aromatic N) is 3. The number of benzene rings is 1. The highest BCUT2D eigenvalue weighted by molar-refractivity contribution is 8.01. The molecule has 8 nitrogen and oxygen atoms in total. The first kappa shape index (κ1) is 21.2. The highest BCUT2D eigenvalue weighted by Crippen LogP contribution is 2.28. The molecule has 2 aromatic heterocycles. The van der Waals surface area contributed by atoms with Gasteiger partial charge in [0, 0.05) is 11.1 Å². The normalized spacial score (nSPS) is 10.6. The summed E-state index contributed by atoms with van der Waals surface area (Å²) in [6.07, 6.45) is 0.0937. The zero-order chi connectivity index (χ0) is 20.6. The maximum atomic E-state index is 12.1. The molecule has 0 atom stereocenters. The summed E-state index contributed by atoms with van der Waals surface area (Å²) in [7, 11) is 0. The lowest BCUT2D eigenvalue weighted by Crippen LogP contribution is -2.14. The summed E-state index contributed by atoms with van der Waals surface area (Å²) in [5, 5.41) is 17.0. The predicted molar refractivity (Wildman–Crippen MR) is 116 cm³/mol. The molecule has 0 unspecified atom stereocenters. The summed E-state index contributed by atoms with van der Waals surface area (Å²) >= 11 is 3.96. The summed E-state index contributed by atoms with van der Waals surface area (Å²) in [6, 6.07) is 7.97. The van der Waals surface area contributed by atoms with Gasteiger partial charge in [-0.1, -0.05) is 35.2 Å². The maximum absolute atomic E-state index is 12.1. The maximum Gasteiger partial charge on any atom is 0.311 e. The number of carbonyl (C=O) groups excluding carboxylic acids is 2. The van der Waals surface area contributed by atoms with E-state index in [9.17, 15) is 9.59 Å². The van der Waals surface area contributed by atoms with Crippen LogP contribution in [0.3, 0.4) is 0 Å². The van der Waals surface area contributed by atoms with Gasteiger partial charge in [-0.3, -0.25) is 9.59 Å². The van der Waals surface area contributed by atoms with Crippen LogP contribution in [0.2, 0.25) is 0 Å². The number of carbonyl (C=O) groups is 2. The Bertz CT molecular complexity index is 989. The third kappa shape index (κ3) is 6.80. The Labute approximate surface area is 180 Å². The molecule has 0 fully saturated rings. The Hall–Kier alpha value is -2.50. The van der Waals surface area contributed by atoms with Gasteiger partial charge in [-0.2, -0.15) is 0 Å². The highest BCUT2D eigenvalue weighted by Gasteiger charge is 2.12. The SMILES string of the molecule is CCOC(=O)Cc1csc(NC(=O)CSc2nnc(Nc3cccc(C)c3)s2)n1. The van der Waals surface area contributed by atoms with Gasteiger partial charge in [-0.05, 0) is 31.5 Å². The number of anilines is 3. The molecule has 0 aliphatic heterocycles. The Balaban J connectivity index is 1.46. The summed E-state index contributed by atoms with van der Waals surface area (Å²) in [4.78, 5) is 27.8. The second-order valence-electron chi connectivity index (χ2n) is 5.83. The van der Waals surface area contributed by atoms with Crippen LogP contribution >= 0.6 is 34.4 Å². The van der Waals surface area contributed by atoms with Crippen LogP contribution in [0.25, 0.3) is 0 Å². The molecule has 29 heavy (non-hydrogen) atoms. The second kappa shape index (κ2) is 10.3. The lowest BCUT2D eigenvalue weighted by Gasteiger charge is -2.02. The molecule has 0 spiro atoms. The summed E-state index contributed by atoms with van der Waals surface area (Å²) < 4.78 is 5.58. The minimum absolute atomic E-state index is 0.0937. The van der Waals surface area contributed by atoms with Crippen LogP contribution in [-0.2, 0) is 20.7 Å². The van der Waals surface area contributed by atoms with E-state index in [-0.39, 0.29) is 24.1 Å². The second-order valence-corrected chi connectivity index (χ2v) is 8.89. The summed E-state index contributed by atoms with van der Waals surface area (Å²) in [5.41, 5.74) is 2.67. The average molecular weight is 450 g/mol. The van der Waals surface area contributed by atoms with Crippen LogP contribution in [0.5, 0.6) is 0 Å². The van der Waals surface area contributed by atoms with Crippen LogP contribution in [0.15, 0.2) is 34.0 Å². The number of esters is 1. The first-order valence-electron chi connectivity index (χ1n) is 8.71. The number of thioether (sulfide) groups is 1. The Morgan fingerprint density at radius 2 is 2.10 bits per heavy atom. The van der Waals surface area contributed by atoms with Crippen molar-refractivity contribution in [1.82, 2.24) is 15.2 Å². The van der Waals surface area contributed by atoms with Gasteiger partial charge in [0.15, 0.2) is 9.47 Å². The summed E-state index contributed by atoms with van der Waals surface area (Å²) in [6.45, 7) is 4.10. The smallest absolute Gasteiger partial charge is 0.311 e. The van der Waals surface area contributed by atoms with E-state index in [0.717, 1.165) is 11.3 Å². The van der Waals surface area contributed by atoms with Crippen molar-refractivity contribution in [3.8, 4) is 0 Å². The third-order valence-corrected chi connectivity index (χ3v) is 6.21. The standard InChI is InChI=1S/C18H19N5O3S3/c1-3-26-15(25)8-13-9-27-16(20-13)21-14(24)10-28-18-23-22-17(29-18)19-12-6-4-5-11(2)7-12/h4-7,9H,3,8,10H2,1-2H3,(H,19,22)(H,20,21,24). The fourth-order valence-electron chi connectivity index (χ4n) is 2.25. The fraction of sp³-hybridized carbons (Fsp3) is 0.278. The predicted octanol–water partition coefficient (Wildman–Crippen LogP) is 3.88. The van der Waals surface area contributed by atoms with Gasteiger partial charge in [-0.15, -0.1) is 21.5 Å². The third-order valence-electron chi connectivity index (χ3n) is 3.43. The lowest BCUT2D eigenvalue weighted by molar-refractivity contribution is -0.142. The first-order chi connectivity index (χ1) is 14.0. The lowest BCUT2D eigenvalue weighted by atomic mass is 10.2. The molecule has 11 heteroatoms. The number of ether oxygens (including phenoxy) is 1. The molecule has 152 valence electrons. The molecule has 0 aliphatic carbocycles. The monoisotopic (exact) mass is 449 g/mol. The molecule has 0 saturated heterocycles. The van der Waals surface area contributed by atoms with Crippen molar-refractivity contribution < 1.29 is 14.3 Å². The minimum Gasteiger partial charge on any atom is -0.466 e. The zero-order valence-corrected chi connectivity index (χ0v) is 18.2. The molecular weight excluding hydrogens is 430 g/mol. The molecule has 0 radical (unpaired) electrons. The summed E-state index contributed by atoms with van der Waals surface area (Å²) in [5.74, 6) is -0.348. The van der Waals surface area contributed by atoms with E-state index in [1.807, 2.05) is 31.2 Å². The minimum atomic E-state index is -0.336. The molecule has 3 aromatic rings. The quantitative estimate of drug-likeness (QED) is 0.374. The number of amides is 1. The zero-order valence-electron chi connectivity index (χ0n) is 15.8. The molecule has 0 saturated carbocycles. The van der Waals surface area contributed by atoms with Crippen LogP contribution < -0.4 is 10.6 Å². The van der Waals surface area contributed by atoms with Gasteiger partial charge in [-0.25, -0.2) is 4.98 Å². The van der Waals surface area contributed by atoms with Crippen molar-refractivity contribution in [1.29, 1.82) is 0 Å². The Morgan fingerprint density at radius 3 is 2.90 bits per heavy atom. The van der Waals surface area contributed by atoms with Gasteiger partial charge in [0.1, 0.15) is 0 Å². The molecule has 2 heterocycles. The number of thiazole rings is 1. The van der Waals surface area contributed by atoms with E-state index < -0.39 is 0 Å². The van der Waals surface area contributed by atoms with Gasteiger partial charge >= 0.3 is 5.97 Å². The fourth-order valence-corrected chi connectivity index (χ4v) is 4.55. The van der Waals surface area contributed by atoms with Gasteiger partial charge in [0.05, 0.1) is 24.5 Å². The van der Waals surface area contributed by atoms with Crippen LogP contribution in [0.1, 0.15) is 18.2 Å². The van der Waals surface area contributed by atoms with Crippen LogP contribution in [0.4, 0.5) is 16.0 Å².